The van der Waals surface area contributed by atoms with Crippen molar-refractivity contribution in [1.29, 1.82) is 0 Å². The normalized spacial score (nSPS) is 20.4. The maximum atomic E-state index is 13.6. The number of amides is 1. The molecule has 172 valence electrons. The van der Waals surface area contributed by atoms with Crippen molar-refractivity contribution < 1.29 is 13.9 Å². The first-order valence-corrected chi connectivity index (χ1v) is 11.2. The van der Waals surface area contributed by atoms with E-state index in [0.29, 0.717) is 36.8 Å². The van der Waals surface area contributed by atoms with E-state index in [-0.39, 0.29) is 17.8 Å². The number of hydrogen-bond acceptors (Lipinski definition) is 6. The second-order valence-electron chi connectivity index (χ2n) is 8.33. The Morgan fingerprint density at radius 1 is 1.24 bits per heavy atom. The van der Waals surface area contributed by atoms with Crippen LogP contribution in [0.5, 0.6) is 0 Å². The molecule has 3 N–H and O–H groups in total. The molecular formula is C23H26FN7O2. The molecule has 1 aromatic carbocycles. The quantitative estimate of drug-likeness (QED) is 0.368. The molecule has 3 atom stereocenters. The number of H-pyrrole nitrogens is 1. The molecule has 0 saturated heterocycles. The van der Waals surface area contributed by atoms with Gasteiger partial charge in [-0.25, -0.2) is 14.2 Å². The summed E-state index contributed by atoms with van der Waals surface area (Å²) in [6.45, 7) is 2.87. The third-order valence-electron chi connectivity index (χ3n) is 6.33. The van der Waals surface area contributed by atoms with Crippen LogP contribution in [0.15, 0.2) is 42.7 Å². The number of carbonyl (C=O) groups excluding carboxylic acids is 1. The highest BCUT2D eigenvalue weighted by molar-refractivity contribution is 5.74. The fourth-order valence-electron chi connectivity index (χ4n) is 4.73. The van der Waals surface area contributed by atoms with Crippen LogP contribution in [0.3, 0.4) is 0 Å². The number of aromatic nitrogens is 5. The Balaban J connectivity index is 1.20. The molecule has 1 aliphatic rings. The summed E-state index contributed by atoms with van der Waals surface area (Å²) in [7, 11) is 0. The van der Waals surface area contributed by atoms with Gasteiger partial charge in [0.2, 0.25) is 0 Å². The average molecular weight is 452 g/mol. The van der Waals surface area contributed by atoms with Gasteiger partial charge in [0.25, 0.3) is 0 Å². The summed E-state index contributed by atoms with van der Waals surface area (Å²) in [6, 6.07) is 8.40. The zero-order valence-corrected chi connectivity index (χ0v) is 18.3. The number of rotatable bonds is 7. The monoisotopic (exact) mass is 451 g/mol. The lowest BCUT2D eigenvalue weighted by molar-refractivity contribution is 0.0985. The van der Waals surface area contributed by atoms with Crippen LogP contribution in [0.2, 0.25) is 0 Å². The smallest absolute Gasteiger partial charge is 0.407 e. The van der Waals surface area contributed by atoms with Crippen LogP contribution in [0.25, 0.3) is 16.8 Å². The van der Waals surface area contributed by atoms with Crippen LogP contribution >= 0.6 is 0 Å². The van der Waals surface area contributed by atoms with Gasteiger partial charge in [-0.1, -0.05) is 25.5 Å². The van der Waals surface area contributed by atoms with Crippen molar-refractivity contribution in [3.05, 3.63) is 54.4 Å². The molecule has 3 heterocycles. The van der Waals surface area contributed by atoms with Gasteiger partial charge in [0.15, 0.2) is 11.3 Å². The highest BCUT2D eigenvalue weighted by atomic mass is 19.1. The summed E-state index contributed by atoms with van der Waals surface area (Å²) >= 11 is 0. The molecular weight excluding hydrogens is 425 g/mol. The number of alkyl carbamates (subject to hydrolysis) is 1. The molecule has 1 fully saturated rings. The Hall–Kier alpha value is -3.69. The van der Waals surface area contributed by atoms with Crippen molar-refractivity contribution in [2.75, 3.05) is 18.4 Å². The van der Waals surface area contributed by atoms with Gasteiger partial charge < -0.3 is 20.4 Å². The van der Waals surface area contributed by atoms with Crippen molar-refractivity contribution in [1.82, 2.24) is 29.9 Å². The summed E-state index contributed by atoms with van der Waals surface area (Å²) in [5, 5.41) is 14.5. The summed E-state index contributed by atoms with van der Waals surface area (Å²) in [5.41, 5.74) is 2.83. The number of hydrogen-bond donors (Lipinski definition) is 3. The predicted molar refractivity (Wildman–Crippen MR) is 122 cm³/mol. The largest absolute Gasteiger partial charge is 0.446 e. The molecule has 4 aromatic rings. The molecule has 3 aromatic heterocycles. The Morgan fingerprint density at radius 3 is 2.97 bits per heavy atom. The fourth-order valence-corrected chi connectivity index (χ4v) is 4.73. The highest BCUT2D eigenvalue weighted by Crippen LogP contribution is 2.42. The Labute approximate surface area is 189 Å². The lowest BCUT2D eigenvalue weighted by Gasteiger charge is -2.15. The number of ether oxygens (including phenoxy) is 1. The van der Waals surface area contributed by atoms with Gasteiger partial charge in [0, 0.05) is 25.2 Å². The molecule has 1 amide bonds. The number of fused-ring (bicyclic) bond motifs is 3. The molecule has 0 spiro atoms. The molecule has 5 rings (SSSR count). The highest BCUT2D eigenvalue weighted by Gasteiger charge is 2.39. The van der Waals surface area contributed by atoms with E-state index in [1.165, 1.54) is 6.07 Å². The lowest BCUT2D eigenvalue weighted by atomic mass is 9.93. The molecule has 10 heteroatoms. The minimum Gasteiger partial charge on any atom is -0.446 e. The van der Waals surface area contributed by atoms with Crippen LogP contribution in [-0.4, -0.2) is 49.9 Å². The van der Waals surface area contributed by atoms with Gasteiger partial charge in [-0.2, -0.15) is 0 Å². The number of carbonyl (C=O) groups is 1. The minimum absolute atomic E-state index is 0.131. The Morgan fingerprint density at radius 2 is 2.12 bits per heavy atom. The van der Waals surface area contributed by atoms with Gasteiger partial charge in [0.05, 0.1) is 17.4 Å². The molecule has 1 aliphatic carbocycles. The third-order valence-corrected chi connectivity index (χ3v) is 6.33. The first-order valence-electron chi connectivity index (χ1n) is 11.2. The summed E-state index contributed by atoms with van der Waals surface area (Å²) < 4.78 is 21.4. The predicted octanol–water partition coefficient (Wildman–Crippen LogP) is 3.86. The van der Waals surface area contributed by atoms with Crippen LogP contribution in [0.1, 0.15) is 37.9 Å². The number of para-hydroxylation sites is 1. The number of nitrogens with one attached hydrogen (secondary N) is 3. The van der Waals surface area contributed by atoms with Gasteiger partial charge in [0.1, 0.15) is 17.7 Å². The van der Waals surface area contributed by atoms with Gasteiger partial charge in [-0.05, 0) is 37.0 Å². The topological polar surface area (TPSA) is 109 Å². The summed E-state index contributed by atoms with van der Waals surface area (Å²) in [5.74, 6) is 1.02. The molecule has 1 saturated carbocycles. The zero-order chi connectivity index (χ0) is 22.8. The van der Waals surface area contributed by atoms with Crippen molar-refractivity contribution in [3.8, 4) is 0 Å². The van der Waals surface area contributed by atoms with E-state index in [1.807, 2.05) is 16.7 Å². The van der Waals surface area contributed by atoms with Crippen molar-refractivity contribution in [2.24, 2.45) is 5.92 Å². The van der Waals surface area contributed by atoms with E-state index >= 15 is 0 Å². The molecule has 0 bridgehead atoms. The fraction of sp³-hybridized carbons (Fsp3) is 0.391. The standard InChI is InChI=1S/C23H26FN7O2/c1-2-14-11-15(33-23(32)27-10-9-25-18-6-4-3-5-17(18)24)12-16(14)22-30-29-20-13-28-21-19(31(20)22)7-8-26-21/h3-8,13-16,25-26H,2,9-12H2,1H3,(H,27,32)/t14-,15?,16+/m1/s1. The third kappa shape index (κ3) is 4.20. The maximum absolute atomic E-state index is 13.6. The molecule has 1 unspecified atom stereocenters. The summed E-state index contributed by atoms with van der Waals surface area (Å²) in [6.07, 6.45) is 5.32. The minimum atomic E-state index is -0.464. The first-order chi connectivity index (χ1) is 16.1. The number of anilines is 1. The molecule has 33 heavy (non-hydrogen) atoms. The molecule has 0 aliphatic heterocycles. The number of aromatic amines is 1. The van der Waals surface area contributed by atoms with E-state index in [9.17, 15) is 9.18 Å². The lowest BCUT2D eigenvalue weighted by Crippen LogP contribution is -2.32. The van der Waals surface area contributed by atoms with E-state index in [2.05, 4.69) is 37.7 Å². The second kappa shape index (κ2) is 9.05. The van der Waals surface area contributed by atoms with Crippen molar-refractivity contribution in [3.63, 3.8) is 0 Å². The van der Waals surface area contributed by atoms with Crippen molar-refractivity contribution in [2.45, 2.75) is 38.2 Å². The summed E-state index contributed by atoms with van der Waals surface area (Å²) in [4.78, 5) is 19.8. The van der Waals surface area contributed by atoms with Crippen LogP contribution < -0.4 is 10.6 Å². The zero-order valence-electron chi connectivity index (χ0n) is 18.3. The van der Waals surface area contributed by atoms with E-state index in [4.69, 9.17) is 4.74 Å². The molecule has 0 radical (unpaired) electrons. The van der Waals surface area contributed by atoms with Gasteiger partial charge >= 0.3 is 6.09 Å². The number of nitrogens with zero attached hydrogens (tertiary/aromatic N) is 4. The number of halogens is 1. The van der Waals surface area contributed by atoms with Gasteiger partial charge in [-0.3, -0.25) is 4.40 Å². The van der Waals surface area contributed by atoms with Gasteiger partial charge in [-0.15, -0.1) is 10.2 Å². The van der Waals surface area contributed by atoms with E-state index in [1.54, 1.807) is 24.4 Å². The van der Waals surface area contributed by atoms with Crippen LogP contribution in [-0.2, 0) is 4.74 Å². The van der Waals surface area contributed by atoms with E-state index < -0.39 is 6.09 Å². The Kier molecular flexibility index (Phi) is 5.80. The van der Waals surface area contributed by atoms with Crippen molar-refractivity contribution >= 4 is 28.6 Å². The number of benzene rings is 1. The Bertz CT molecular complexity index is 1270. The average Bonchev–Trinajstić information content (AvgIpc) is 3.54. The second-order valence-corrected chi connectivity index (χ2v) is 8.33. The maximum Gasteiger partial charge on any atom is 0.407 e. The SMILES string of the molecule is CC[C@@H]1CC(OC(=O)NCCNc2ccccc2F)C[C@@H]1c1nnc2cnc3[nH]ccc3n12. The molecule has 9 nitrogen and oxygen atoms in total. The van der Waals surface area contributed by atoms with E-state index in [0.717, 1.165) is 29.8 Å². The van der Waals surface area contributed by atoms with Crippen LogP contribution in [0.4, 0.5) is 14.9 Å². The van der Waals surface area contributed by atoms with Crippen LogP contribution in [0, 0.1) is 11.7 Å². The first kappa shape index (κ1) is 21.2.